The SMILES string of the molecule is CCOC(=O)CCCCCOC(=O)c1c(I)c(N(C(C)=O)C(C)=O)c(I)c(N(C(C)=O)C(C)=O)c1I. The number of hydrogen-bond donors (Lipinski definition) is 0. The Hall–Kier alpha value is -1.37. The third kappa shape index (κ3) is 8.32. The minimum atomic E-state index is -0.729. The summed E-state index contributed by atoms with van der Waals surface area (Å²) in [6.45, 7) is 6.93. The van der Waals surface area contributed by atoms with Crippen molar-refractivity contribution in [2.75, 3.05) is 23.0 Å². The van der Waals surface area contributed by atoms with E-state index in [1.807, 2.05) is 67.8 Å². The highest BCUT2D eigenvalue weighted by atomic mass is 127. The Bertz CT molecular complexity index is 987. The van der Waals surface area contributed by atoms with Crippen LogP contribution in [0.4, 0.5) is 11.4 Å². The number of halogens is 3. The normalized spacial score (nSPS) is 10.4. The maximum atomic E-state index is 13.2. The predicted octanol–water partition coefficient (Wildman–Crippen LogP) is 4.58. The lowest BCUT2D eigenvalue weighted by atomic mass is 10.1. The first kappa shape index (κ1) is 32.7. The number of rotatable bonds is 10. The van der Waals surface area contributed by atoms with Gasteiger partial charge in [-0.1, -0.05) is 0 Å². The molecule has 1 rings (SSSR count). The van der Waals surface area contributed by atoms with Crippen LogP contribution in [0.1, 0.15) is 70.7 Å². The van der Waals surface area contributed by atoms with Crippen molar-refractivity contribution >= 4 is 115 Å². The number of carbonyl (C=O) groups excluding carboxylic acids is 6. The van der Waals surface area contributed by atoms with Gasteiger partial charge in [0.2, 0.25) is 23.6 Å². The van der Waals surface area contributed by atoms with Crippen molar-refractivity contribution in [1.82, 2.24) is 0 Å². The molecule has 0 spiro atoms. The quantitative estimate of drug-likeness (QED) is 0.191. The minimum Gasteiger partial charge on any atom is -0.466 e. The summed E-state index contributed by atoms with van der Waals surface area (Å²) in [5.74, 6) is -3.38. The number of hydrogen-bond acceptors (Lipinski definition) is 8. The second-order valence-corrected chi connectivity index (χ2v) is 10.7. The van der Waals surface area contributed by atoms with Crippen LogP contribution in [0.3, 0.4) is 0 Å². The maximum absolute atomic E-state index is 13.2. The molecule has 0 fully saturated rings. The Morgan fingerprint density at radius 3 is 1.50 bits per heavy atom. The highest BCUT2D eigenvalue weighted by molar-refractivity contribution is 14.1. The molecule has 0 aliphatic rings. The second-order valence-electron chi connectivity index (χ2n) is 7.51. The van der Waals surface area contributed by atoms with Crippen LogP contribution in [0, 0.1) is 10.7 Å². The number of anilines is 2. The average molecular weight is 840 g/mol. The predicted molar refractivity (Wildman–Crippen MR) is 158 cm³/mol. The summed E-state index contributed by atoms with van der Waals surface area (Å²) in [6, 6.07) is 0. The lowest BCUT2D eigenvalue weighted by Crippen LogP contribution is -2.38. The molecule has 4 amide bonds. The monoisotopic (exact) mass is 840 g/mol. The number of esters is 2. The molecule has 1 aromatic rings. The molecule has 0 bridgehead atoms. The Balaban J connectivity index is 3.45. The summed E-state index contributed by atoms with van der Waals surface area (Å²) in [6.07, 6.45) is 2.00. The molecular weight excluding hydrogens is 813 g/mol. The Morgan fingerprint density at radius 2 is 1.11 bits per heavy atom. The van der Waals surface area contributed by atoms with E-state index in [4.69, 9.17) is 9.47 Å². The lowest BCUT2D eigenvalue weighted by Gasteiger charge is -2.28. The first-order chi connectivity index (χ1) is 16.8. The van der Waals surface area contributed by atoms with Crippen LogP contribution in [0.5, 0.6) is 0 Å². The molecule has 0 radical (unpaired) electrons. The van der Waals surface area contributed by atoms with Gasteiger partial charge < -0.3 is 9.47 Å². The van der Waals surface area contributed by atoms with Gasteiger partial charge in [0.15, 0.2) is 0 Å². The molecule has 0 unspecified atom stereocenters. The molecule has 13 heteroatoms. The van der Waals surface area contributed by atoms with Gasteiger partial charge in [-0.15, -0.1) is 0 Å². The van der Waals surface area contributed by atoms with Crippen LogP contribution in [-0.4, -0.2) is 48.8 Å². The number of nitrogens with zero attached hydrogens (tertiary/aromatic N) is 2. The zero-order valence-electron chi connectivity index (χ0n) is 20.5. The smallest absolute Gasteiger partial charge is 0.340 e. The number of amides is 4. The summed E-state index contributed by atoms with van der Waals surface area (Å²) in [7, 11) is 0. The molecular formula is C23H27I3N2O8. The fraction of sp³-hybridized carbons (Fsp3) is 0.478. The highest BCUT2D eigenvalue weighted by Crippen LogP contribution is 2.43. The van der Waals surface area contributed by atoms with Gasteiger partial charge in [-0.05, 0) is 94.0 Å². The van der Waals surface area contributed by atoms with Gasteiger partial charge in [-0.2, -0.15) is 0 Å². The largest absolute Gasteiger partial charge is 0.466 e. The molecule has 36 heavy (non-hydrogen) atoms. The third-order valence-electron chi connectivity index (χ3n) is 4.75. The molecule has 0 aliphatic carbocycles. The van der Waals surface area contributed by atoms with Crippen LogP contribution < -0.4 is 9.80 Å². The molecule has 0 aliphatic heterocycles. The van der Waals surface area contributed by atoms with Crippen molar-refractivity contribution < 1.29 is 38.2 Å². The minimum absolute atomic E-state index is 0.0353. The van der Waals surface area contributed by atoms with E-state index >= 15 is 0 Å². The van der Waals surface area contributed by atoms with Crippen molar-refractivity contribution in [2.24, 2.45) is 0 Å². The molecule has 10 nitrogen and oxygen atoms in total. The molecule has 0 saturated heterocycles. The summed E-state index contributed by atoms with van der Waals surface area (Å²) in [5.41, 5.74) is 0.231. The molecule has 0 atom stereocenters. The molecule has 0 aromatic heterocycles. The summed E-state index contributed by atoms with van der Waals surface area (Å²) < 4.78 is 11.2. The van der Waals surface area contributed by atoms with Gasteiger partial charge in [0.25, 0.3) is 0 Å². The van der Waals surface area contributed by atoms with Gasteiger partial charge in [-0.25, -0.2) is 14.6 Å². The lowest BCUT2D eigenvalue weighted by molar-refractivity contribution is -0.143. The van der Waals surface area contributed by atoms with Crippen LogP contribution in [0.25, 0.3) is 0 Å². The van der Waals surface area contributed by atoms with Crippen LogP contribution in [-0.2, 0) is 33.4 Å². The van der Waals surface area contributed by atoms with E-state index in [0.717, 1.165) is 9.80 Å². The zero-order valence-corrected chi connectivity index (χ0v) is 27.0. The maximum Gasteiger partial charge on any atom is 0.340 e. The standard InChI is InChI=1S/C23H27I3N2O8/c1-6-35-16(33)10-8-7-9-11-36-23(34)17-18(24)21(27(12(2)29)13(3)30)20(26)22(19(17)25)28(14(4)31)15(5)32/h6-11H2,1-5H3. The number of ether oxygens (including phenoxy) is 2. The van der Waals surface area contributed by atoms with Gasteiger partial charge in [0.1, 0.15) is 0 Å². The fourth-order valence-electron chi connectivity index (χ4n) is 3.30. The fourth-order valence-corrected chi connectivity index (χ4v) is 7.87. The van der Waals surface area contributed by atoms with E-state index < -0.39 is 29.6 Å². The molecule has 0 saturated carbocycles. The van der Waals surface area contributed by atoms with Crippen molar-refractivity contribution in [3.8, 4) is 0 Å². The Kier molecular flexibility index (Phi) is 13.7. The zero-order chi connectivity index (χ0) is 27.7. The van der Waals surface area contributed by atoms with E-state index in [1.165, 1.54) is 27.7 Å². The summed E-state index contributed by atoms with van der Waals surface area (Å²) >= 11 is 5.57. The summed E-state index contributed by atoms with van der Waals surface area (Å²) in [4.78, 5) is 75.9. The number of benzene rings is 1. The van der Waals surface area contributed by atoms with Gasteiger partial charge in [0.05, 0.1) is 40.9 Å². The van der Waals surface area contributed by atoms with Crippen molar-refractivity contribution in [3.05, 3.63) is 16.3 Å². The first-order valence-electron chi connectivity index (χ1n) is 10.9. The van der Waals surface area contributed by atoms with E-state index in [0.29, 0.717) is 25.9 Å². The highest BCUT2D eigenvalue weighted by Gasteiger charge is 2.34. The number of imide groups is 2. The third-order valence-corrected chi connectivity index (χ3v) is 7.87. The molecule has 0 heterocycles. The Morgan fingerprint density at radius 1 is 0.667 bits per heavy atom. The van der Waals surface area contributed by atoms with E-state index in [2.05, 4.69) is 0 Å². The van der Waals surface area contributed by atoms with E-state index in [1.54, 1.807) is 6.92 Å². The topological polar surface area (TPSA) is 127 Å². The van der Waals surface area contributed by atoms with Crippen LogP contribution in [0.15, 0.2) is 0 Å². The van der Waals surface area contributed by atoms with Crippen molar-refractivity contribution in [1.29, 1.82) is 0 Å². The van der Waals surface area contributed by atoms with Gasteiger partial charge in [0, 0.05) is 34.1 Å². The molecule has 1 aromatic carbocycles. The second kappa shape index (κ2) is 15.1. The number of carbonyl (C=O) groups is 6. The summed E-state index contributed by atoms with van der Waals surface area (Å²) in [5, 5.41) is 0. The van der Waals surface area contributed by atoms with Crippen LogP contribution >= 0.6 is 67.8 Å². The van der Waals surface area contributed by atoms with E-state index in [9.17, 15) is 28.8 Å². The van der Waals surface area contributed by atoms with Crippen molar-refractivity contribution in [3.63, 3.8) is 0 Å². The van der Waals surface area contributed by atoms with Crippen molar-refractivity contribution in [2.45, 2.75) is 60.3 Å². The van der Waals surface area contributed by atoms with Crippen LogP contribution in [0.2, 0.25) is 0 Å². The van der Waals surface area contributed by atoms with Gasteiger partial charge >= 0.3 is 11.9 Å². The Labute approximate surface area is 250 Å². The molecule has 0 N–H and O–H groups in total. The average Bonchev–Trinajstić information content (AvgIpc) is 2.75. The van der Waals surface area contributed by atoms with E-state index in [-0.39, 0.29) is 46.6 Å². The number of unbranched alkanes of at least 4 members (excludes halogenated alkanes) is 2. The first-order valence-corrected chi connectivity index (χ1v) is 14.2. The molecule has 198 valence electrons. The van der Waals surface area contributed by atoms with Gasteiger partial charge in [-0.3, -0.25) is 24.0 Å².